The number of terminal acetylenes is 1. The molecule has 1 aromatic heterocycles. The SMILES string of the molecule is C#CCCN1CCN(c2ncnc3cc(Cl)ccc23)CC1. The maximum Gasteiger partial charge on any atom is 0.139 e. The van der Waals surface area contributed by atoms with Crippen LogP contribution in [0.5, 0.6) is 0 Å². The van der Waals surface area contributed by atoms with E-state index in [1.165, 1.54) is 0 Å². The first-order valence-corrected chi connectivity index (χ1v) is 7.47. The Morgan fingerprint density at radius 3 is 2.76 bits per heavy atom. The average Bonchev–Trinajstić information content (AvgIpc) is 2.52. The number of fused-ring (bicyclic) bond motifs is 1. The highest BCUT2D eigenvalue weighted by atomic mass is 35.5. The van der Waals surface area contributed by atoms with E-state index in [4.69, 9.17) is 18.0 Å². The maximum atomic E-state index is 6.03. The molecule has 0 aliphatic carbocycles. The largest absolute Gasteiger partial charge is 0.353 e. The van der Waals surface area contributed by atoms with Crippen LogP contribution in [0.15, 0.2) is 24.5 Å². The van der Waals surface area contributed by atoms with Crippen LogP contribution in [0.3, 0.4) is 0 Å². The van der Waals surface area contributed by atoms with E-state index in [0.29, 0.717) is 5.02 Å². The molecule has 2 aromatic rings. The molecule has 2 heterocycles. The minimum Gasteiger partial charge on any atom is -0.353 e. The van der Waals surface area contributed by atoms with Gasteiger partial charge in [0.25, 0.3) is 0 Å². The lowest BCUT2D eigenvalue weighted by Crippen LogP contribution is -2.46. The number of piperazine rings is 1. The van der Waals surface area contributed by atoms with Crippen LogP contribution >= 0.6 is 11.6 Å². The smallest absolute Gasteiger partial charge is 0.139 e. The van der Waals surface area contributed by atoms with Crippen LogP contribution in [-0.2, 0) is 0 Å². The molecule has 21 heavy (non-hydrogen) atoms. The molecule has 0 unspecified atom stereocenters. The van der Waals surface area contributed by atoms with Crippen molar-refractivity contribution in [1.29, 1.82) is 0 Å². The molecule has 0 saturated carbocycles. The van der Waals surface area contributed by atoms with Crippen molar-refractivity contribution >= 4 is 28.3 Å². The third-order valence-corrected chi connectivity index (χ3v) is 4.06. The monoisotopic (exact) mass is 300 g/mol. The summed E-state index contributed by atoms with van der Waals surface area (Å²) < 4.78 is 0. The quantitative estimate of drug-likeness (QED) is 0.815. The number of halogens is 1. The van der Waals surface area contributed by atoms with Crippen LogP contribution in [0.4, 0.5) is 5.82 Å². The molecular formula is C16H17ClN4. The van der Waals surface area contributed by atoms with Gasteiger partial charge in [-0.15, -0.1) is 12.3 Å². The van der Waals surface area contributed by atoms with E-state index in [1.807, 2.05) is 18.2 Å². The van der Waals surface area contributed by atoms with Crippen LogP contribution in [0.25, 0.3) is 10.9 Å². The molecule has 0 atom stereocenters. The van der Waals surface area contributed by atoms with Crippen molar-refractivity contribution in [3.8, 4) is 12.3 Å². The predicted octanol–water partition coefficient (Wildman–Crippen LogP) is 2.43. The highest BCUT2D eigenvalue weighted by Gasteiger charge is 2.19. The van der Waals surface area contributed by atoms with Gasteiger partial charge in [-0.25, -0.2) is 9.97 Å². The zero-order chi connectivity index (χ0) is 14.7. The molecule has 1 saturated heterocycles. The van der Waals surface area contributed by atoms with Gasteiger partial charge in [-0.3, -0.25) is 4.90 Å². The van der Waals surface area contributed by atoms with E-state index in [-0.39, 0.29) is 0 Å². The van der Waals surface area contributed by atoms with Crippen molar-refractivity contribution in [2.24, 2.45) is 0 Å². The van der Waals surface area contributed by atoms with Crippen LogP contribution in [0.2, 0.25) is 5.02 Å². The predicted molar refractivity (Wildman–Crippen MR) is 86.7 cm³/mol. The molecule has 3 rings (SSSR count). The molecule has 0 bridgehead atoms. The van der Waals surface area contributed by atoms with Crippen molar-refractivity contribution in [3.05, 3.63) is 29.5 Å². The van der Waals surface area contributed by atoms with Crippen molar-refractivity contribution in [1.82, 2.24) is 14.9 Å². The van der Waals surface area contributed by atoms with Crippen molar-refractivity contribution in [3.63, 3.8) is 0 Å². The number of aromatic nitrogens is 2. The summed E-state index contributed by atoms with van der Waals surface area (Å²) in [4.78, 5) is 13.5. The zero-order valence-corrected chi connectivity index (χ0v) is 12.6. The van der Waals surface area contributed by atoms with E-state index in [0.717, 1.165) is 55.9 Å². The highest BCUT2D eigenvalue weighted by molar-refractivity contribution is 6.31. The van der Waals surface area contributed by atoms with Crippen molar-refractivity contribution in [2.45, 2.75) is 6.42 Å². The summed E-state index contributed by atoms with van der Waals surface area (Å²) in [5.41, 5.74) is 0.891. The summed E-state index contributed by atoms with van der Waals surface area (Å²) in [5.74, 6) is 3.69. The van der Waals surface area contributed by atoms with Gasteiger partial charge >= 0.3 is 0 Å². The van der Waals surface area contributed by atoms with Gasteiger partial charge in [-0.1, -0.05) is 11.6 Å². The molecule has 0 N–H and O–H groups in total. The summed E-state index contributed by atoms with van der Waals surface area (Å²) in [7, 11) is 0. The first-order valence-electron chi connectivity index (χ1n) is 7.09. The zero-order valence-electron chi connectivity index (χ0n) is 11.8. The molecule has 1 aliphatic heterocycles. The Hall–Kier alpha value is -1.83. The standard InChI is InChI=1S/C16H17ClN4/c1-2-3-6-20-7-9-21(10-8-20)16-14-5-4-13(17)11-15(14)18-12-19-16/h1,4-5,11-12H,3,6-10H2. The molecule has 4 nitrogen and oxygen atoms in total. The van der Waals surface area contributed by atoms with Crippen LogP contribution < -0.4 is 4.90 Å². The fourth-order valence-corrected chi connectivity index (χ4v) is 2.84. The van der Waals surface area contributed by atoms with Crippen molar-refractivity contribution in [2.75, 3.05) is 37.6 Å². The Morgan fingerprint density at radius 1 is 1.19 bits per heavy atom. The lowest BCUT2D eigenvalue weighted by atomic mass is 10.2. The molecule has 108 valence electrons. The number of hydrogen-bond donors (Lipinski definition) is 0. The molecular weight excluding hydrogens is 284 g/mol. The first-order chi connectivity index (χ1) is 10.3. The van der Waals surface area contributed by atoms with Gasteiger partial charge in [0.1, 0.15) is 12.1 Å². The van der Waals surface area contributed by atoms with Gasteiger partial charge in [0.2, 0.25) is 0 Å². The fourth-order valence-electron chi connectivity index (χ4n) is 2.67. The highest BCUT2D eigenvalue weighted by Crippen LogP contribution is 2.26. The van der Waals surface area contributed by atoms with E-state index >= 15 is 0 Å². The fraction of sp³-hybridized carbons (Fsp3) is 0.375. The number of hydrogen-bond acceptors (Lipinski definition) is 4. The third kappa shape index (κ3) is 3.10. The molecule has 0 amide bonds. The van der Waals surface area contributed by atoms with E-state index in [9.17, 15) is 0 Å². The van der Waals surface area contributed by atoms with E-state index in [1.54, 1.807) is 6.33 Å². The van der Waals surface area contributed by atoms with Gasteiger partial charge in [0.05, 0.1) is 5.52 Å². The third-order valence-electron chi connectivity index (χ3n) is 3.82. The van der Waals surface area contributed by atoms with Crippen molar-refractivity contribution < 1.29 is 0 Å². The van der Waals surface area contributed by atoms with Crippen LogP contribution in [0.1, 0.15) is 6.42 Å². The van der Waals surface area contributed by atoms with Gasteiger partial charge in [-0.05, 0) is 18.2 Å². The molecule has 5 heteroatoms. The normalized spacial score (nSPS) is 16.1. The Kier molecular flexibility index (Phi) is 4.23. The van der Waals surface area contributed by atoms with E-state index in [2.05, 4.69) is 25.7 Å². The molecule has 1 fully saturated rings. The molecule has 0 spiro atoms. The lowest BCUT2D eigenvalue weighted by molar-refractivity contribution is 0.263. The summed E-state index contributed by atoms with van der Waals surface area (Å²) in [5, 5.41) is 1.75. The van der Waals surface area contributed by atoms with Crippen LogP contribution in [0, 0.1) is 12.3 Å². The second-order valence-electron chi connectivity index (χ2n) is 5.14. The molecule has 0 radical (unpaired) electrons. The molecule has 1 aromatic carbocycles. The van der Waals surface area contributed by atoms with Gasteiger partial charge < -0.3 is 4.90 Å². The number of rotatable bonds is 3. The second-order valence-corrected chi connectivity index (χ2v) is 5.58. The van der Waals surface area contributed by atoms with Gasteiger partial charge in [-0.2, -0.15) is 0 Å². The topological polar surface area (TPSA) is 32.3 Å². The average molecular weight is 301 g/mol. The Labute approximate surface area is 129 Å². The number of anilines is 1. The minimum atomic E-state index is 0.700. The van der Waals surface area contributed by atoms with E-state index < -0.39 is 0 Å². The first kappa shape index (κ1) is 14.1. The second kappa shape index (κ2) is 6.30. The van der Waals surface area contributed by atoms with Gasteiger partial charge in [0, 0.05) is 49.6 Å². The summed E-state index contributed by atoms with van der Waals surface area (Å²) >= 11 is 6.03. The summed E-state index contributed by atoms with van der Waals surface area (Å²) in [6, 6.07) is 5.77. The lowest BCUT2D eigenvalue weighted by Gasteiger charge is -2.35. The number of nitrogens with zero attached hydrogens (tertiary/aromatic N) is 4. The Balaban J connectivity index is 1.78. The Morgan fingerprint density at radius 2 is 2.00 bits per heavy atom. The molecule has 1 aliphatic rings. The minimum absolute atomic E-state index is 0.700. The van der Waals surface area contributed by atoms with Gasteiger partial charge in [0.15, 0.2) is 0 Å². The van der Waals surface area contributed by atoms with Crippen LogP contribution in [-0.4, -0.2) is 47.6 Å². The summed E-state index contributed by atoms with van der Waals surface area (Å²) in [6.07, 6.45) is 7.75. The number of benzene rings is 1. The Bertz CT molecular complexity index is 672. The summed E-state index contributed by atoms with van der Waals surface area (Å²) in [6.45, 7) is 4.92. The maximum absolute atomic E-state index is 6.03.